The van der Waals surface area contributed by atoms with Crippen LogP contribution in [0.3, 0.4) is 0 Å². The number of rotatable bonds is 4. The summed E-state index contributed by atoms with van der Waals surface area (Å²) in [5, 5.41) is 9.80. The second kappa shape index (κ2) is 6.93. The Morgan fingerprint density at radius 2 is 1.96 bits per heavy atom. The van der Waals surface area contributed by atoms with E-state index >= 15 is 0 Å². The molecule has 0 aliphatic carbocycles. The average molecular weight is 399 g/mol. The van der Waals surface area contributed by atoms with Crippen LogP contribution in [0, 0.1) is 11.3 Å². The summed E-state index contributed by atoms with van der Waals surface area (Å²) in [6.07, 6.45) is 1.43. The normalized spacial score (nSPS) is 17.3. The quantitative estimate of drug-likeness (QED) is 0.626. The Balaban J connectivity index is 1.57. The van der Waals surface area contributed by atoms with Crippen LogP contribution in [-0.4, -0.2) is 38.9 Å². The van der Waals surface area contributed by atoms with Gasteiger partial charge in [0.2, 0.25) is 0 Å². The predicted octanol–water partition coefficient (Wildman–Crippen LogP) is 3.39. The Kier molecular flexibility index (Phi) is 4.60. The van der Waals surface area contributed by atoms with E-state index in [-0.39, 0.29) is 6.10 Å². The highest BCUT2D eigenvalue weighted by Gasteiger charge is 2.28. The van der Waals surface area contributed by atoms with Crippen LogP contribution in [-0.2, 0) is 14.3 Å². The highest BCUT2D eigenvalue weighted by atomic mass is 32.2. The van der Waals surface area contributed by atoms with E-state index in [1.165, 1.54) is 0 Å². The first-order valence-corrected chi connectivity index (χ1v) is 11.1. The Hall–Kier alpha value is -2.47. The summed E-state index contributed by atoms with van der Waals surface area (Å²) in [6.45, 7) is 1.25. The minimum absolute atomic E-state index is 0.318. The first kappa shape index (κ1) is 17.9. The van der Waals surface area contributed by atoms with Crippen molar-refractivity contribution in [3.63, 3.8) is 0 Å². The third-order valence-corrected chi connectivity index (χ3v) is 6.15. The molecule has 0 radical (unpaired) electrons. The van der Waals surface area contributed by atoms with Gasteiger partial charge in [0.1, 0.15) is 0 Å². The van der Waals surface area contributed by atoms with Gasteiger partial charge in [-0.1, -0.05) is 29.5 Å². The largest absolute Gasteiger partial charge is 0.345 e. The van der Waals surface area contributed by atoms with Gasteiger partial charge in [-0.15, -0.1) is 0 Å². The van der Waals surface area contributed by atoms with E-state index in [0.29, 0.717) is 18.5 Å². The van der Waals surface area contributed by atoms with Crippen molar-refractivity contribution in [2.75, 3.05) is 24.2 Å². The van der Waals surface area contributed by atoms with Crippen LogP contribution in [0.1, 0.15) is 12.0 Å². The lowest BCUT2D eigenvalue weighted by Gasteiger charge is -2.14. The molecular formula is C19H17N3O3S2. The van der Waals surface area contributed by atoms with Crippen molar-refractivity contribution in [1.29, 1.82) is 5.26 Å². The van der Waals surface area contributed by atoms with Gasteiger partial charge in [-0.2, -0.15) is 13.7 Å². The minimum Gasteiger partial charge on any atom is -0.345 e. The minimum atomic E-state index is -3.44. The fraction of sp³-hybridized carbons (Fsp3) is 0.263. The topological polar surface area (TPSA) is 83.3 Å². The molecule has 0 bridgehead atoms. The van der Waals surface area contributed by atoms with Gasteiger partial charge in [0.05, 0.1) is 34.2 Å². The first-order valence-electron chi connectivity index (χ1n) is 8.45. The summed E-state index contributed by atoms with van der Waals surface area (Å²) in [5.74, 6) is 0. The third kappa shape index (κ3) is 3.95. The molecule has 27 heavy (non-hydrogen) atoms. The predicted molar refractivity (Wildman–Crippen MR) is 106 cm³/mol. The van der Waals surface area contributed by atoms with Crippen molar-refractivity contribution >= 4 is 36.8 Å². The smallest absolute Gasteiger partial charge is 0.264 e. The molecule has 0 amide bonds. The lowest BCUT2D eigenvalue weighted by atomic mass is 10.0. The van der Waals surface area contributed by atoms with Crippen LogP contribution in [0.25, 0.3) is 21.3 Å². The molecule has 0 spiro atoms. The molecular weight excluding hydrogens is 382 g/mol. The highest BCUT2D eigenvalue weighted by Crippen LogP contribution is 2.34. The SMILES string of the molecule is CS(=O)(=O)O[C@H]1CCN(c2nc3ccc(-c4ccc(C#N)cc4)cc3s2)C1. The fourth-order valence-electron chi connectivity index (χ4n) is 3.19. The second-order valence-corrected chi connectivity index (χ2v) is 9.13. The number of benzene rings is 2. The number of fused-ring (bicyclic) bond motifs is 1. The first-order chi connectivity index (χ1) is 12.9. The number of hydrogen-bond acceptors (Lipinski definition) is 7. The monoisotopic (exact) mass is 399 g/mol. The molecule has 2 aromatic carbocycles. The van der Waals surface area contributed by atoms with Crippen LogP contribution >= 0.6 is 11.3 Å². The van der Waals surface area contributed by atoms with Gasteiger partial charge < -0.3 is 4.90 Å². The summed E-state index contributed by atoms with van der Waals surface area (Å²) in [4.78, 5) is 6.76. The van der Waals surface area contributed by atoms with Crippen LogP contribution in [0.4, 0.5) is 5.13 Å². The van der Waals surface area contributed by atoms with Gasteiger partial charge in [0, 0.05) is 13.1 Å². The fourth-order valence-corrected chi connectivity index (χ4v) is 4.88. The molecule has 1 fully saturated rings. The van der Waals surface area contributed by atoms with Crippen molar-refractivity contribution < 1.29 is 12.6 Å². The highest BCUT2D eigenvalue weighted by molar-refractivity contribution is 7.86. The zero-order valence-corrected chi connectivity index (χ0v) is 16.3. The van der Waals surface area contributed by atoms with Crippen molar-refractivity contribution in [2.24, 2.45) is 0 Å². The van der Waals surface area contributed by atoms with Crippen molar-refractivity contribution in [3.05, 3.63) is 48.0 Å². The van der Waals surface area contributed by atoms with Crippen molar-refractivity contribution in [3.8, 4) is 17.2 Å². The lowest BCUT2D eigenvalue weighted by molar-refractivity contribution is 0.234. The number of nitrogens with zero attached hydrogens (tertiary/aromatic N) is 3. The van der Waals surface area contributed by atoms with Crippen LogP contribution in [0.2, 0.25) is 0 Å². The van der Waals surface area contributed by atoms with Gasteiger partial charge in [-0.3, -0.25) is 4.18 Å². The van der Waals surface area contributed by atoms with Gasteiger partial charge in [0.25, 0.3) is 10.1 Å². The Labute approximate surface area is 161 Å². The zero-order chi connectivity index (χ0) is 19.0. The van der Waals surface area contributed by atoms with E-state index in [4.69, 9.17) is 9.44 Å². The standard InChI is InChI=1S/C19H17N3O3S2/c1-27(23,24)25-16-8-9-22(12-16)19-21-17-7-6-15(10-18(17)26-19)14-4-2-13(11-20)3-5-14/h2-7,10,16H,8-9,12H2,1H3/t16-/m0/s1. The van der Waals surface area contributed by atoms with Gasteiger partial charge in [-0.25, -0.2) is 4.98 Å². The Morgan fingerprint density at radius 1 is 1.22 bits per heavy atom. The van der Waals surface area contributed by atoms with Gasteiger partial charge in [0.15, 0.2) is 5.13 Å². The molecule has 2 heterocycles. The molecule has 1 aromatic heterocycles. The molecule has 1 saturated heterocycles. The lowest BCUT2D eigenvalue weighted by Crippen LogP contribution is -2.24. The van der Waals surface area contributed by atoms with Gasteiger partial charge >= 0.3 is 0 Å². The second-order valence-electron chi connectivity index (χ2n) is 6.53. The van der Waals surface area contributed by atoms with E-state index in [9.17, 15) is 8.42 Å². The molecule has 8 heteroatoms. The molecule has 138 valence electrons. The summed E-state index contributed by atoms with van der Waals surface area (Å²) in [5.41, 5.74) is 3.68. The van der Waals surface area contributed by atoms with Crippen LogP contribution in [0.5, 0.6) is 0 Å². The van der Waals surface area contributed by atoms with Crippen molar-refractivity contribution in [1.82, 2.24) is 4.98 Å². The Bertz CT molecular complexity index is 1130. The molecule has 1 atom stereocenters. The molecule has 1 aliphatic rings. The number of thiazole rings is 1. The van der Waals surface area contributed by atoms with E-state index in [0.717, 1.165) is 39.3 Å². The maximum Gasteiger partial charge on any atom is 0.264 e. The van der Waals surface area contributed by atoms with Gasteiger partial charge in [-0.05, 0) is 41.8 Å². The molecule has 0 unspecified atom stereocenters. The third-order valence-electron chi connectivity index (χ3n) is 4.45. The summed E-state index contributed by atoms with van der Waals surface area (Å²) < 4.78 is 28.8. The van der Waals surface area contributed by atoms with E-state index < -0.39 is 10.1 Å². The van der Waals surface area contributed by atoms with Crippen molar-refractivity contribution in [2.45, 2.75) is 12.5 Å². The summed E-state index contributed by atoms with van der Waals surface area (Å²) in [7, 11) is -3.44. The maximum absolute atomic E-state index is 11.3. The van der Waals surface area contributed by atoms with E-state index in [1.807, 2.05) is 36.4 Å². The van der Waals surface area contributed by atoms with E-state index in [2.05, 4.69) is 22.0 Å². The summed E-state index contributed by atoms with van der Waals surface area (Å²) in [6, 6.07) is 15.7. The number of nitriles is 1. The maximum atomic E-state index is 11.3. The molecule has 3 aromatic rings. The number of hydrogen-bond donors (Lipinski definition) is 0. The molecule has 0 N–H and O–H groups in total. The molecule has 6 nitrogen and oxygen atoms in total. The molecule has 1 aliphatic heterocycles. The zero-order valence-electron chi connectivity index (χ0n) is 14.6. The number of aromatic nitrogens is 1. The average Bonchev–Trinajstić information content (AvgIpc) is 3.26. The number of anilines is 1. The summed E-state index contributed by atoms with van der Waals surface area (Å²) >= 11 is 1.59. The Morgan fingerprint density at radius 3 is 2.67 bits per heavy atom. The van der Waals surface area contributed by atoms with Crippen LogP contribution in [0.15, 0.2) is 42.5 Å². The molecule has 0 saturated carbocycles. The molecule has 4 rings (SSSR count). The van der Waals surface area contributed by atoms with Crippen LogP contribution < -0.4 is 4.90 Å². The van der Waals surface area contributed by atoms with E-state index in [1.54, 1.807) is 11.3 Å².